The number of esters is 1. The third kappa shape index (κ3) is 3.91. The molecule has 0 unspecified atom stereocenters. The molecule has 1 fully saturated rings. The number of carbonyl (C=O) groups excluding carboxylic acids is 1. The van der Waals surface area contributed by atoms with Gasteiger partial charge in [0.05, 0.1) is 12.5 Å². The second-order valence-corrected chi connectivity index (χ2v) is 4.51. The lowest BCUT2D eigenvalue weighted by atomic mass is 9.81. The van der Waals surface area contributed by atoms with Crippen molar-refractivity contribution in [1.29, 1.82) is 0 Å². The van der Waals surface area contributed by atoms with E-state index >= 15 is 0 Å². The summed E-state index contributed by atoms with van der Waals surface area (Å²) in [5.41, 5.74) is 0.861. The highest BCUT2D eigenvalue weighted by molar-refractivity contribution is 5.85. The minimum atomic E-state index is -0.263. The van der Waals surface area contributed by atoms with E-state index < -0.39 is 0 Å². The summed E-state index contributed by atoms with van der Waals surface area (Å²) < 4.78 is 18.4. The van der Waals surface area contributed by atoms with E-state index in [2.05, 4.69) is 5.32 Å². The van der Waals surface area contributed by atoms with Crippen molar-refractivity contribution in [2.45, 2.75) is 19.3 Å². The van der Waals surface area contributed by atoms with Gasteiger partial charge in [0.15, 0.2) is 0 Å². The number of hydrogen-bond donors (Lipinski definition) is 1. The topological polar surface area (TPSA) is 38.3 Å². The van der Waals surface area contributed by atoms with Crippen LogP contribution >= 0.6 is 12.4 Å². The van der Waals surface area contributed by atoms with Crippen LogP contribution in [0, 0.1) is 11.7 Å². The molecule has 0 saturated carbocycles. The largest absolute Gasteiger partial charge is 0.466 e. The van der Waals surface area contributed by atoms with Gasteiger partial charge in [0.1, 0.15) is 5.82 Å². The second-order valence-electron chi connectivity index (χ2n) is 4.51. The molecule has 0 aromatic heterocycles. The lowest BCUT2D eigenvalue weighted by Crippen LogP contribution is -2.39. The van der Waals surface area contributed by atoms with Crippen molar-refractivity contribution in [3.63, 3.8) is 0 Å². The molecule has 19 heavy (non-hydrogen) atoms. The van der Waals surface area contributed by atoms with Gasteiger partial charge in [-0.05, 0) is 37.6 Å². The molecule has 1 aliphatic rings. The van der Waals surface area contributed by atoms with Crippen LogP contribution in [-0.4, -0.2) is 25.7 Å². The van der Waals surface area contributed by atoms with Crippen molar-refractivity contribution in [2.75, 3.05) is 19.7 Å². The highest BCUT2D eigenvalue weighted by Crippen LogP contribution is 2.30. The molecule has 3 nitrogen and oxygen atoms in total. The zero-order valence-electron chi connectivity index (χ0n) is 10.9. The van der Waals surface area contributed by atoms with Crippen LogP contribution in [-0.2, 0) is 9.53 Å². The summed E-state index contributed by atoms with van der Waals surface area (Å²) in [6, 6.07) is 6.47. The van der Waals surface area contributed by atoms with E-state index in [-0.39, 0.29) is 36.0 Å². The van der Waals surface area contributed by atoms with E-state index in [0.29, 0.717) is 13.2 Å². The van der Waals surface area contributed by atoms with E-state index in [4.69, 9.17) is 4.74 Å². The Morgan fingerprint density at radius 3 is 3.00 bits per heavy atom. The standard InChI is InChI=1S/C14H18FNO2.ClH/c1-2-18-14(17)12-6-7-16-9-13(12)10-4-3-5-11(15)8-10;/h3-5,8,12-13,16H,2,6-7,9H2,1H3;1H/t12-,13+;/m0./s1. The van der Waals surface area contributed by atoms with Gasteiger partial charge in [0.25, 0.3) is 0 Å². The summed E-state index contributed by atoms with van der Waals surface area (Å²) in [5.74, 6) is -0.615. The van der Waals surface area contributed by atoms with Crippen molar-refractivity contribution in [1.82, 2.24) is 5.32 Å². The first-order chi connectivity index (χ1) is 8.72. The van der Waals surface area contributed by atoms with E-state index in [1.807, 2.05) is 6.07 Å². The van der Waals surface area contributed by atoms with Crippen LogP contribution in [0.4, 0.5) is 4.39 Å². The number of ether oxygens (including phenoxy) is 1. The average molecular weight is 288 g/mol. The number of halogens is 2. The van der Waals surface area contributed by atoms with Crippen LogP contribution in [0.25, 0.3) is 0 Å². The molecule has 1 aromatic carbocycles. The Labute approximate surface area is 118 Å². The van der Waals surface area contributed by atoms with Gasteiger partial charge in [0.2, 0.25) is 0 Å². The molecule has 1 heterocycles. The monoisotopic (exact) mass is 287 g/mol. The lowest BCUT2D eigenvalue weighted by Gasteiger charge is -2.30. The number of carbonyl (C=O) groups is 1. The molecule has 1 saturated heterocycles. The summed E-state index contributed by atoms with van der Waals surface area (Å²) in [6.07, 6.45) is 0.736. The molecule has 1 N–H and O–H groups in total. The highest BCUT2D eigenvalue weighted by atomic mass is 35.5. The Balaban J connectivity index is 0.00000180. The van der Waals surface area contributed by atoms with E-state index in [1.54, 1.807) is 13.0 Å². The van der Waals surface area contributed by atoms with Crippen LogP contribution in [0.5, 0.6) is 0 Å². The van der Waals surface area contributed by atoms with Gasteiger partial charge in [-0.15, -0.1) is 12.4 Å². The van der Waals surface area contributed by atoms with Gasteiger partial charge >= 0.3 is 5.97 Å². The lowest BCUT2D eigenvalue weighted by molar-refractivity contribution is -0.149. The quantitative estimate of drug-likeness (QED) is 0.868. The van der Waals surface area contributed by atoms with E-state index in [1.165, 1.54) is 12.1 Å². The molecule has 1 aliphatic heterocycles. The molecule has 2 rings (SSSR count). The van der Waals surface area contributed by atoms with Crippen molar-refractivity contribution >= 4 is 18.4 Å². The molecule has 0 amide bonds. The minimum Gasteiger partial charge on any atom is -0.466 e. The maximum Gasteiger partial charge on any atom is 0.309 e. The molecule has 106 valence electrons. The van der Waals surface area contributed by atoms with Gasteiger partial charge in [-0.3, -0.25) is 4.79 Å². The van der Waals surface area contributed by atoms with Crippen LogP contribution < -0.4 is 5.32 Å². The molecule has 2 atom stereocenters. The van der Waals surface area contributed by atoms with Crippen LogP contribution in [0.2, 0.25) is 0 Å². The minimum absolute atomic E-state index is 0. The Bertz CT molecular complexity index is 428. The Morgan fingerprint density at radius 2 is 2.32 bits per heavy atom. The Morgan fingerprint density at radius 1 is 1.53 bits per heavy atom. The zero-order chi connectivity index (χ0) is 13.0. The zero-order valence-corrected chi connectivity index (χ0v) is 11.7. The predicted octanol–water partition coefficient (Wildman–Crippen LogP) is 2.50. The number of rotatable bonds is 3. The molecule has 0 aliphatic carbocycles. The third-order valence-corrected chi connectivity index (χ3v) is 3.35. The summed E-state index contributed by atoms with van der Waals surface area (Å²) in [6.45, 7) is 3.68. The molecular weight excluding hydrogens is 269 g/mol. The number of nitrogens with one attached hydrogen (secondary N) is 1. The second kappa shape index (κ2) is 7.46. The van der Waals surface area contributed by atoms with Crippen molar-refractivity contribution < 1.29 is 13.9 Å². The number of hydrogen-bond acceptors (Lipinski definition) is 3. The fourth-order valence-electron chi connectivity index (χ4n) is 2.48. The maximum absolute atomic E-state index is 13.3. The van der Waals surface area contributed by atoms with Crippen LogP contribution in [0.3, 0.4) is 0 Å². The molecule has 0 spiro atoms. The molecule has 1 aromatic rings. The van der Waals surface area contributed by atoms with Crippen LogP contribution in [0.1, 0.15) is 24.8 Å². The fourth-order valence-corrected chi connectivity index (χ4v) is 2.48. The highest BCUT2D eigenvalue weighted by Gasteiger charge is 2.33. The first-order valence-corrected chi connectivity index (χ1v) is 6.35. The summed E-state index contributed by atoms with van der Waals surface area (Å²) in [5, 5.41) is 3.25. The Hall–Kier alpha value is -1.13. The molecular formula is C14H19ClFNO2. The van der Waals surface area contributed by atoms with Gasteiger partial charge in [-0.2, -0.15) is 0 Å². The van der Waals surface area contributed by atoms with Crippen LogP contribution in [0.15, 0.2) is 24.3 Å². The molecule has 0 radical (unpaired) electrons. The van der Waals surface area contributed by atoms with E-state index in [9.17, 15) is 9.18 Å². The van der Waals surface area contributed by atoms with Crippen molar-refractivity contribution in [2.24, 2.45) is 5.92 Å². The molecule has 0 bridgehead atoms. The van der Waals surface area contributed by atoms with Gasteiger partial charge in [-0.25, -0.2) is 4.39 Å². The summed E-state index contributed by atoms with van der Waals surface area (Å²) in [4.78, 5) is 11.9. The average Bonchev–Trinajstić information content (AvgIpc) is 2.39. The van der Waals surface area contributed by atoms with Crippen molar-refractivity contribution in [3.05, 3.63) is 35.6 Å². The number of benzene rings is 1. The van der Waals surface area contributed by atoms with Gasteiger partial charge in [0, 0.05) is 12.5 Å². The normalized spacial score (nSPS) is 22.4. The first kappa shape index (κ1) is 15.9. The number of piperidine rings is 1. The smallest absolute Gasteiger partial charge is 0.309 e. The van der Waals surface area contributed by atoms with Gasteiger partial charge in [-0.1, -0.05) is 12.1 Å². The Kier molecular flexibility index (Phi) is 6.25. The van der Waals surface area contributed by atoms with E-state index in [0.717, 1.165) is 18.5 Å². The van der Waals surface area contributed by atoms with Crippen molar-refractivity contribution in [3.8, 4) is 0 Å². The fraction of sp³-hybridized carbons (Fsp3) is 0.500. The summed E-state index contributed by atoms with van der Waals surface area (Å²) >= 11 is 0. The maximum atomic E-state index is 13.3. The molecule has 5 heteroatoms. The van der Waals surface area contributed by atoms with Gasteiger partial charge < -0.3 is 10.1 Å². The first-order valence-electron chi connectivity index (χ1n) is 6.35. The third-order valence-electron chi connectivity index (χ3n) is 3.35. The summed E-state index contributed by atoms with van der Waals surface area (Å²) in [7, 11) is 0. The predicted molar refractivity (Wildman–Crippen MR) is 74.0 cm³/mol. The SMILES string of the molecule is CCOC(=O)[C@H]1CCNC[C@@H]1c1cccc(F)c1.Cl.